The standard InChI is InChI=1S/C86H124N4O8/c1-5-9-13-17-21-25-29-33-37-45-53-95-83-61-75(87-65-69-49-41-43-51-79(69)91)77(63-85(83)97-55-47-39-35-31-27-23-19-15-11-7-3)89-67-73-57-71-60-82(94)74(58-72(71)59-81(73)93)68-90-78-64-86(98-56-48-40-36-32-28-24-20-16-12-8-4)84(62-76(78)88-66-70-50-42-44-52-80(70)92)96-54-46-38-34-30-26-22-18-14-10-6-2/h41-44,49-52,57-68,91-94H,5-40,45-48,53-56H2,1-4H3. The van der Waals surface area contributed by atoms with Gasteiger partial charge in [0.2, 0.25) is 0 Å². The van der Waals surface area contributed by atoms with Gasteiger partial charge in [-0.3, -0.25) is 20.0 Å². The van der Waals surface area contributed by atoms with E-state index in [4.69, 9.17) is 38.9 Å². The molecule has 536 valence electrons. The number of nitrogens with zero attached hydrogens (tertiary/aromatic N) is 4. The highest BCUT2D eigenvalue weighted by molar-refractivity contribution is 6.00. The third-order valence-electron chi connectivity index (χ3n) is 18.5. The van der Waals surface area contributed by atoms with Gasteiger partial charge in [0.15, 0.2) is 23.0 Å². The van der Waals surface area contributed by atoms with Crippen molar-refractivity contribution in [2.45, 2.75) is 285 Å². The molecule has 6 rings (SSSR count). The Hall–Kier alpha value is -7.34. The maximum absolute atomic E-state index is 11.8. The summed E-state index contributed by atoms with van der Waals surface area (Å²) in [5, 5.41) is 46.4. The molecule has 0 fully saturated rings. The minimum Gasteiger partial charge on any atom is -0.507 e. The lowest BCUT2D eigenvalue weighted by molar-refractivity contribution is 0.258. The second-order valence-electron chi connectivity index (χ2n) is 27.0. The summed E-state index contributed by atoms with van der Waals surface area (Å²) in [7, 11) is 0. The molecule has 0 unspecified atom stereocenters. The van der Waals surface area contributed by atoms with Crippen LogP contribution in [0.2, 0.25) is 0 Å². The number of para-hydroxylation sites is 2. The van der Waals surface area contributed by atoms with Gasteiger partial charge in [-0.15, -0.1) is 0 Å². The maximum atomic E-state index is 11.8. The van der Waals surface area contributed by atoms with Crippen molar-refractivity contribution in [3.63, 3.8) is 0 Å². The number of benzene rings is 6. The zero-order valence-electron chi connectivity index (χ0n) is 60.9. The maximum Gasteiger partial charge on any atom is 0.163 e. The fourth-order valence-corrected chi connectivity index (χ4v) is 12.3. The van der Waals surface area contributed by atoms with Crippen molar-refractivity contribution in [3.05, 3.63) is 119 Å². The van der Waals surface area contributed by atoms with E-state index in [2.05, 4.69) is 27.7 Å². The quantitative estimate of drug-likeness (QED) is 0.0216. The predicted molar refractivity (Wildman–Crippen MR) is 415 cm³/mol. The van der Waals surface area contributed by atoms with E-state index in [0.717, 1.165) is 51.4 Å². The summed E-state index contributed by atoms with van der Waals surface area (Å²) < 4.78 is 26.2. The molecule has 0 saturated heterocycles. The Bertz CT molecular complexity index is 3050. The minimum atomic E-state index is -0.0126. The summed E-state index contributed by atoms with van der Waals surface area (Å²) in [4.78, 5) is 19.7. The minimum absolute atomic E-state index is 0.0126. The Morgan fingerprint density at radius 3 is 0.694 bits per heavy atom. The Labute approximate surface area is 591 Å². The fourth-order valence-electron chi connectivity index (χ4n) is 12.3. The Morgan fingerprint density at radius 1 is 0.245 bits per heavy atom. The zero-order chi connectivity index (χ0) is 69.3. The summed E-state index contributed by atoms with van der Waals surface area (Å²) in [6.07, 6.45) is 55.5. The lowest BCUT2D eigenvalue weighted by Crippen LogP contribution is -2.03. The Morgan fingerprint density at radius 2 is 0.459 bits per heavy atom. The molecule has 6 aromatic carbocycles. The van der Waals surface area contributed by atoms with Gasteiger partial charge in [-0.05, 0) is 85.0 Å². The van der Waals surface area contributed by atoms with Crippen LogP contribution < -0.4 is 18.9 Å². The van der Waals surface area contributed by atoms with Crippen molar-refractivity contribution in [2.24, 2.45) is 20.0 Å². The zero-order valence-corrected chi connectivity index (χ0v) is 60.9. The monoisotopic (exact) mass is 1340 g/mol. The van der Waals surface area contributed by atoms with Crippen LogP contribution >= 0.6 is 0 Å². The molecule has 0 amide bonds. The summed E-state index contributed by atoms with van der Waals surface area (Å²) in [5.41, 5.74) is 3.94. The number of rotatable bonds is 56. The Kier molecular flexibility index (Phi) is 40.7. The average molecular weight is 1340 g/mol. The van der Waals surface area contributed by atoms with E-state index >= 15 is 0 Å². The highest BCUT2D eigenvalue weighted by atomic mass is 16.5. The van der Waals surface area contributed by atoms with Gasteiger partial charge in [0.1, 0.15) is 23.0 Å². The molecule has 12 heteroatoms. The van der Waals surface area contributed by atoms with Crippen LogP contribution in [0.4, 0.5) is 22.7 Å². The number of phenolic OH excluding ortho intramolecular Hbond substituents is 4. The smallest absolute Gasteiger partial charge is 0.163 e. The van der Waals surface area contributed by atoms with Gasteiger partial charge >= 0.3 is 0 Å². The third kappa shape index (κ3) is 31.7. The highest BCUT2D eigenvalue weighted by Gasteiger charge is 2.17. The SMILES string of the molecule is CCCCCCCCCCCCOc1cc(N=Cc2ccccc2O)c(N=Cc2cc3cc(O)c(C=Nc4cc(OCCCCCCCCCCCC)c(OCCCCCCCCCCCC)cc4N=Cc4ccccc4O)cc3cc2O)cc1OCCCCCCCCCCCC. The largest absolute Gasteiger partial charge is 0.507 e. The first-order valence-corrected chi connectivity index (χ1v) is 38.8. The van der Waals surface area contributed by atoms with Crippen molar-refractivity contribution in [3.8, 4) is 46.0 Å². The lowest BCUT2D eigenvalue weighted by atomic mass is 10.0. The van der Waals surface area contributed by atoms with Crippen LogP contribution in [-0.2, 0) is 0 Å². The van der Waals surface area contributed by atoms with E-state index in [1.807, 2.05) is 36.4 Å². The first kappa shape index (κ1) is 79.6. The molecule has 0 aliphatic carbocycles. The number of unbranched alkanes of at least 4 members (excludes halogenated alkanes) is 36. The van der Waals surface area contributed by atoms with Crippen molar-refractivity contribution in [1.82, 2.24) is 0 Å². The summed E-state index contributed by atoms with van der Waals surface area (Å²) in [6.45, 7) is 11.2. The van der Waals surface area contributed by atoms with Crippen molar-refractivity contribution >= 4 is 58.4 Å². The van der Waals surface area contributed by atoms with Crippen LogP contribution in [0.25, 0.3) is 10.8 Å². The molecular formula is C86H124N4O8. The number of aromatic hydroxyl groups is 4. The van der Waals surface area contributed by atoms with Crippen molar-refractivity contribution in [1.29, 1.82) is 0 Å². The van der Waals surface area contributed by atoms with Crippen molar-refractivity contribution < 1.29 is 39.4 Å². The van der Waals surface area contributed by atoms with Gasteiger partial charge in [0.25, 0.3) is 0 Å². The van der Waals surface area contributed by atoms with Gasteiger partial charge in [0, 0.05) is 71.4 Å². The number of aliphatic imine (C=N–C) groups is 4. The Balaban J connectivity index is 1.25. The van der Waals surface area contributed by atoms with E-state index in [1.54, 1.807) is 85.5 Å². The van der Waals surface area contributed by atoms with Crippen LogP contribution in [0.1, 0.15) is 307 Å². The van der Waals surface area contributed by atoms with Gasteiger partial charge in [-0.2, -0.15) is 0 Å². The molecule has 4 N–H and O–H groups in total. The van der Waals surface area contributed by atoms with E-state index in [0.29, 0.717) is 105 Å². The van der Waals surface area contributed by atoms with Crippen LogP contribution in [0, 0.1) is 0 Å². The highest BCUT2D eigenvalue weighted by Crippen LogP contribution is 2.43. The molecule has 0 radical (unpaired) electrons. The molecule has 12 nitrogen and oxygen atoms in total. The van der Waals surface area contributed by atoms with Crippen LogP contribution in [0.5, 0.6) is 46.0 Å². The predicted octanol–water partition coefficient (Wildman–Crippen LogP) is 25.9. The number of ether oxygens (including phenoxy) is 4. The van der Waals surface area contributed by atoms with E-state index < -0.39 is 0 Å². The molecule has 0 aliphatic rings. The van der Waals surface area contributed by atoms with E-state index in [-0.39, 0.29) is 23.0 Å². The molecule has 0 heterocycles. The molecule has 0 atom stereocenters. The number of phenols is 4. The van der Waals surface area contributed by atoms with Gasteiger partial charge in [0.05, 0.1) is 49.2 Å². The number of hydrogen-bond donors (Lipinski definition) is 4. The van der Waals surface area contributed by atoms with Crippen LogP contribution in [0.15, 0.2) is 117 Å². The summed E-state index contributed by atoms with van der Waals surface area (Å²) in [6, 6.07) is 28.5. The van der Waals surface area contributed by atoms with Crippen LogP contribution in [0.3, 0.4) is 0 Å². The van der Waals surface area contributed by atoms with Gasteiger partial charge < -0.3 is 39.4 Å². The van der Waals surface area contributed by atoms with Crippen LogP contribution in [-0.4, -0.2) is 71.7 Å². The first-order valence-electron chi connectivity index (χ1n) is 38.8. The average Bonchev–Trinajstić information content (AvgIpc) is 0.819. The molecular weight excluding hydrogens is 1220 g/mol. The summed E-state index contributed by atoms with van der Waals surface area (Å²) in [5.74, 6) is 2.52. The van der Waals surface area contributed by atoms with Gasteiger partial charge in [-0.1, -0.05) is 283 Å². The fraction of sp³-hybridized carbons (Fsp3) is 0.558. The molecule has 0 bridgehead atoms. The third-order valence-corrected chi connectivity index (χ3v) is 18.5. The number of fused-ring (bicyclic) bond motifs is 1. The molecule has 0 saturated carbocycles. The van der Waals surface area contributed by atoms with E-state index in [9.17, 15) is 20.4 Å². The lowest BCUT2D eigenvalue weighted by Gasteiger charge is -2.15. The number of hydrogen-bond acceptors (Lipinski definition) is 12. The molecule has 0 aromatic heterocycles. The topological polar surface area (TPSA) is 167 Å². The second-order valence-corrected chi connectivity index (χ2v) is 27.0. The normalized spacial score (nSPS) is 11.8. The summed E-state index contributed by atoms with van der Waals surface area (Å²) >= 11 is 0. The second kappa shape index (κ2) is 50.1. The van der Waals surface area contributed by atoms with Gasteiger partial charge in [-0.25, -0.2) is 0 Å². The first-order chi connectivity index (χ1) is 48.2. The molecule has 0 spiro atoms. The molecule has 6 aromatic rings. The molecule has 98 heavy (non-hydrogen) atoms. The van der Waals surface area contributed by atoms with Crippen molar-refractivity contribution in [2.75, 3.05) is 26.4 Å². The van der Waals surface area contributed by atoms with E-state index in [1.165, 1.54) is 205 Å². The molecule has 0 aliphatic heterocycles.